The number of fused-ring (bicyclic) bond motifs is 2. The number of nitro benzene ring substituents is 1. The van der Waals surface area contributed by atoms with Gasteiger partial charge < -0.3 is 9.15 Å². The molecule has 0 fully saturated rings. The van der Waals surface area contributed by atoms with Gasteiger partial charge in [-0.15, -0.1) is 10.2 Å². The van der Waals surface area contributed by atoms with Crippen molar-refractivity contribution >= 4 is 34.8 Å². The summed E-state index contributed by atoms with van der Waals surface area (Å²) < 4.78 is 10.7. The van der Waals surface area contributed by atoms with Crippen LogP contribution in [0.25, 0.3) is 11.5 Å². The number of rotatable bonds is 5. The number of hydrogen-bond acceptors (Lipinski definition) is 9. The van der Waals surface area contributed by atoms with E-state index in [0.29, 0.717) is 5.56 Å². The van der Waals surface area contributed by atoms with Crippen LogP contribution in [0.1, 0.15) is 48.1 Å². The highest BCUT2D eigenvalue weighted by atomic mass is 35.5. The van der Waals surface area contributed by atoms with E-state index in [4.69, 9.17) is 20.8 Å². The monoisotopic (exact) mass is 489 g/mol. The number of benzene rings is 3. The molecule has 0 N–H and O–H groups in total. The van der Waals surface area contributed by atoms with Crippen LogP contribution in [0.5, 0.6) is 0 Å². The van der Waals surface area contributed by atoms with Gasteiger partial charge in [0.1, 0.15) is 0 Å². The van der Waals surface area contributed by atoms with Crippen molar-refractivity contribution in [2.24, 2.45) is 0 Å². The summed E-state index contributed by atoms with van der Waals surface area (Å²) in [5.74, 6) is -1.62. The average molecular weight is 490 g/mol. The molecule has 10 nitrogen and oxygen atoms in total. The molecule has 0 saturated heterocycles. The summed E-state index contributed by atoms with van der Waals surface area (Å²) in [5.41, 5.74) is 0.803. The van der Waals surface area contributed by atoms with E-state index in [1.807, 2.05) is 0 Å². The van der Waals surface area contributed by atoms with Crippen molar-refractivity contribution in [1.29, 1.82) is 0 Å². The number of non-ortho nitro benzene ring substituents is 1. The number of aromatic nitrogens is 2. The first-order valence-electron chi connectivity index (χ1n) is 10.1. The highest BCUT2D eigenvalue weighted by molar-refractivity contribution is 6.41. The molecule has 11 heteroatoms. The molecule has 0 bridgehead atoms. The van der Waals surface area contributed by atoms with Crippen LogP contribution in [0.15, 0.2) is 65.1 Å². The Kier molecular flexibility index (Phi) is 5.42. The molecule has 3 aromatic carbocycles. The molecule has 0 spiro atoms. The van der Waals surface area contributed by atoms with Gasteiger partial charge in [-0.25, -0.2) is 4.79 Å². The fourth-order valence-corrected chi connectivity index (χ4v) is 3.99. The zero-order chi connectivity index (χ0) is 24.7. The standard InChI is InChI=1S/C24H12ClN3O7/c25-20-17(10-9-16-19(20)22(30)15-4-2-1-3-14(15)21(16)29)24(31)34-11-18-26-27-23(35-18)12-5-7-13(8-6-12)28(32)33/h1-10H,11H2. The average Bonchev–Trinajstić information content (AvgIpc) is 3.35. The summed E-state index contributed by atoms with van der Waals surface area (Å²) in [7, 11) is 0. The van der Waals surface area contributed by atoms with Crippen LogP contribution < -0.4 is 0 Å². The van der Waals surface area contributed by atoms with Crippen LogP contribution in [0.4, 0.5) is 5.69 Å². The summed E-state index contributed by atoms with van der Waals surface area (Å²) in [6.07, 6.45) is 0. The van der Waals surface area contributed by atoms with Gasteiger partial charge in [0.2, 0.25) is 5.89 Å². The molecule has 0 amide bonds. The van der Waals surface area contributed by atoms with E-state index in [9.17, 15) is 24.5 Å². The topological polar surface area (TPSA) is 142 Å². The summed E-state index contributed by atoms with van der Waals surface area (Å²) in [5, 5.41) is 18.2. The van der Waals surface area contributed by atoms with Gasteiger partial charge in [-0.05, 0) is 24.3 Å². The van der Waals surface area contributed by atoms with Crippen LogP contribution in [0, 0.1) is 10.1 Å². The number of halogens is 1. The lowest BCUT2D eigenvalue weighted by molar-refractivity contribution is -0.384. The van der Waals surface area contributed by atoms with E-state index < -0.39 is 16.7 Å². The first-order valence-corrected chi connectivity index (χ1v) is 10.5. The molecular weight excluding hydrogens is 478 g/mol. The maximum atomic E-state index is 13.0. The Morgan fingerprint density at radius 3 is 2.31 bits per heavy atom. The first-order chi connectivity index (χ1) is 16.8. The number of ether oxygens (including phenoxy) is 1. The van der Waals surface area contributed by atoms with Crippen LogP contribution >= 0.6 is 11.6 Å². The van der Waals surface area contributed by atoms with Crippen molar-refractivity contribution in [3.05, 3.63) is 110 Å². The highest BCUT2D eigenvalue weighted by Gasteiger charge is 2.33. The molecule has 0 unspecified atom stereocenters. The Bertz CT molecular complexity index is 1540. The Morgan fingerprint density at radius 1 is 0.943 bits per heavy atom. The Balaban J connectivity index is 1.34. The molecule has 1 aliphatic rings. The molecule has 1 aromatic heterocycles. The predicted octanol–water partition coefficient (Wildman–Crippen LogP) is 4.43. The molecule has 1 aliphatic carbocycles. The van der Waals surface area contributed by atoms with Gasteiger partial charge >= 0.3 is 5.97 Å². The first kappa shape index (κ1) is 22.1. The smallest absolute Gasteiger partial charge is 0.340 e. The van der Waals surface area contributed by atoms with E-state index in [-0.39, 0.29) is 62.7 Å². The van der Waals surface area contributed by atoms with Crippen LogP contribution in [0.3, 0.4) is 0 Å². The number of esters is 1. The van der Waals surface area contributed by atoms with Crippen molar-refractivity contribution in [1.82, 2.24) is 10.2 Å². The molecular formula is C24H12ClN3O7. The van der Waals surface area contributed by atoms with Gasteiger partial charge in [0, 0.05) is 34.4 Å². The zero-order valence-electron chi connectivity index (χ0n) is 17.6. The molecule has 0 atom stereocenters. The van der Waals surface area contributed by atoms with Crippen molar-refractivity contribution < 1.29 is 28.5 Å². The minimum Gasteiger partial charge on any atom is -0.452 e. The minimum atomic E-state index is -0.855. The van der Waals surface area contributed by atoms with E-state index >= 15 is 0 Å². The van der Waals surface area contributed by atoms with Gasteiger partial charge in [-0.2, -0.15) is 0 Å². The molecule has 4 aromatic rings. The maximum Gasteiger partial charge on any atom is 0.340 e. The normalized spacial score (nSPS) is 12.1. The van der Waals surface area contributed by atoms with Crippen molar-refractivity contribution in [2.75, 3.05) is 0 Å². The number of carbonyl (C=O) groups is 3. The fraction of sp³-hybridized carbons (Fsp3) is 0.0417. The van der Waals surface area contributed by atoms with Crippen molar-refractivity contribution in [3.63, 3.8) is 0 Å². The Hall–Kier alpha value is -4.70. The second-order valence-electron chi connectivity index (χ2n) is 7.43. The highest BCUT2D eigenvalue weighted by Crippen LogP contribution is 2.34. The zero-order valence-corrected chi connectivity index (χ0v) is 18.3. The maximum absolute atomic E-state index is 13.0. The van der Waals surface area contributed by atoms with Gasteiger partial charge in [-0.3, -0.25) is 19.7 Å². The SMILES string of the molecule is O=C(OCc1nnc(-c2ccc([N+](=O)[O-])cc2)o1)c1ccc2c(c1Cl)C(=O)c1ccccc1C2=O. The van der Waals surface area contributed by atoms with Crippen LogP contribution in [-0.4, -0.2) is 32.7 Å². The van der Waals surface area contributed by atoms with E-state index in [1.165, 1.54) is 42.5 Å². The van der Waals surface area contributed by atoms with Crippen LogP contribution in [0.2, 0.25) is 5.02 Å². The van der Waals surface area contributed by atoms with E-state index in [1.54, 1.807) is 18.2 Å². The number of nitro groups is 1. The second kappa shape index (κ2) is 8.58. The van der Waals surface area contributed by atoms with Gasteiger partial charge in [0.25, 0.3) is 11.6 Å². The van der Waals surface area contributed by atoms with E-state index in [2.05, 4.69) is 10.2 Å². The Labute approximate surface area is 201 Å². The molecule has 0 aliphatic heterocycles. The number of hydrogen-bond donors (Lipinski definition) is 0. The molecule has 5 rings (SSSR count). The largest absolute Gasteiger partial charge is 0.452 e. The lowest BCUT2D eigenvalue weighted by Crippen LogP contribution is -2.22. The number of carbonyl (C=O) groups excluding carboxylic acids is 3. The molecule has 0 saturated carbocycles. The van der Waals surface area contributed by atoms with Gasteiger partial charge in [-0.1, -0.05) is 35.9 Å². The molecule has 172 valence electrons. The number of ketones is 2. The number of nitrogens with zero attached hydrogens (tertiary/aromatic N) is 3. The second-order valence-corrected chi connectivity index (χ2v) is 7.81. The third-order valence-corrected chi connectivity index (χ3v) is 5.76. The summed E-state index contributed by atoms with van der Waals surface area (Å²) in [6, 6.07) is 14.6. The third kappa shape index (κ3) is 3.85. The third-order valence-electron chi connectivity index (χ3n) is 5.37. The van der Waals surface area contributed by atoms with E-state index in [0.717, 1.165) is 0 Å². The minimum absolute atomic E-state index is 0.0269. The summed E-state index contributed by atoms with van der Waals surface area (Å²) in [4.78, 5) is 48.7. The van der Waals surface area contributed by atoms with Crippen molar-refractivity contribution in [3.8, 4) is 11.5 Å². The molecule has 0 radical (unpaired) electrons. The fourth-order valence-electron chi connectivity index (χ4n) is 3.66. The van der Waals surface area contributed by atoms with Gasteiger partial charge in [0.05, 0.1) is 21.1 Å². The van der Waals surface area contributed by atoms with Gasteiger partial charge in [0.15, 0.2) is 18.2 Å². The van der Waals surface area contributed by atoms with Crippen molar-refractivity contribution in [2.45, 2.75) is 6.61 Å². The lowest BCUT2D eigenvalue weighted by Gasteiger charge is -2.19. The predicted molar refractivity (Wildman–Crippen MR) is 120 cm³/mol. The van der Waals surface area contributed by atoms with Crippen LogP contribution in [-0.2, 0) is 11.3 Å². The molecule has 35 heavy (non-hydrogen) atoms. The summed E-state index contributed by atoms with van der Waals surface area (Å²) in [6.45, 7) is -0.387. The summed E-state index contributed by atoms with van der Waals surface area (Å²) >= 11 is 6.38. The Morgan fingerprint density at radius 2 is 1.63 bits per heavy atom. The lowest BCUT2D eigenvalue weighted by atomic mass is 9.83. The quantitative estimate of drug-likeness (QED) is 0.199. The molecule has 1 heterocycles.